The van der Waals surface area contributed by atoms with Gasteiger partial charge in [0.15, 0.2) is 11.5 Å². The number of hydrogen-bond acceptors (Lipinski definition) is 6. The van der Waals surface area contributed by atoms with Crippen LogP contribution in [0.5, 0.6) is 46.0 Å². The third-order valence-electron chi connectivity index (χ3n) is 5.40. The predicted molar refractivity (Wildman–Crippen MR) is 146 cm³/mol. The van der Waals surface area contributed by atoms with Gasteiger partial charge in [-0.3, -0.25) is 0 Å². The molecule has 37 heavy (non-hydrogen) atoms. The molecule has 5 rings (SSSR count). The van der Waals surface area contributed by atoms with E-state index >= 15 is 0 Å². The summed E-state index contributed by atoms with van der Waals surface area (Å²) in [6.45, 7) is 2.00. The minimum absolute atomic E-state index is 0.570. The Balaban J connectivity index is 1.33. The van der Waals surface area contributed by atoms with E-state index in [9.17, 15) is 0 Å². The molecule has 4 N–H and O–H groups in total. The first-order chi connectivity index (χ1) is 18.0. The molecule has 5 aromatic carbocycles. The van der Waals surface area contributed by atoms with Crippen LogP contribution in [-0.4, -0.2) is 0 Å². The molecule has 0 amide bonds. The van der Waals surface area contributed by atoms with E-state index in [1.165, 1.54) is 0 Å². The lowest BCUT2D eigenvalue weighted by Gasteiger charge is -2.15. The van der Waals surface area contributed by atoms with E-state index < -0.39 is 0 Å². The molecule has 0 aromatic heterocycles. The topological polar surface area (TPSA) is 89.0 Å². The highest BCUT2D eigenvalue weighted by Gasteiger charge is 2.11. The van der Waals surface area contributed by atoms with E-state index in [2.05, 4.69) is 0 Å². The minimum atomic E-state index is 0.570. The second-order valence-corrected chi connectivity index (χ2v) is 8.45. The molecule has 0 heterocycles. The lowest BCUT2D eigenvalue weighted by Crippen LogP contribution is -1.93. The van der Waals surface area contributed by atoms with E-state index in [-0.39, 0.29) is 0 Å². The van der Waals surface area contributed by atoms with Crippen molar-refractivity contribution in [1.29, 1.82) is 0 Å². The largest absolute Gasteiger partial charge is 0.457 e. The zero-order valence-electron chi connectivity index (χ0n) is 20.3. The molecule has 0 saturated carbocycles. The van der Waals surface area contributed by atoms with Crippen LogP contribution < -0.4 is 30.4 Å². The molecule has 0 radical (unpaired) electrons. The normalized spacial score (nSPS) is 10.5. The first-order valence-corrected chi connectivity index (χ1v) is 11.7. The van der Waals surface area contributed by atoms with Crippen molar-refractivity contribution < 1.29 is 18.9 Å². The van der Waals surface area contributed by atoms with Gasteiger partial charge in [0.2, 0.25) is 0 Å². The molecule has 0 unspecified atom stereocenters. The number of benzene rings is 5. The highest BCUT2D eigenvalue weighted by atomic mass is 16.5. The maximum Gasteiger partial charge on any atom is 0.170 e. The summed E-state index contributed by atoms with van der Waals surface area (Å²) >= 11 is 0. The van der Waals surface area contributed by atoms with Crippen LogP contribution in [0.3, 0.4) is 0 Å². The molecule has 0 saturated heterocycles. The zero-order valence-corrected chi connectivity index (χ0v) is 20.3. The quantitative estimate of drug-likeness (QED) is 0.213. The van der Waals surface area contributed by atoms with Crippen LogP contribution in [0, 0.1) is 6.92 Å². The van der Waals surface area contributed by atoms with Gasteiger partial charge in [-0.1, -0.05) is 18.2 Å². The Morgan fingerprint density at radius 3 is 1.32 bits per heavy atom. The van der Waals surface area contributed by atoms with Crippen molar-refractivity contribution >= 4 is 11.4 Å². The highest BCUT2D eigenvalue weighted by molar-refractivity contribution is 5.50. The number of rotatable bonds is 8. The van der Waals surface area contributed by atoms with Crippen LogP contribution >= 0.6 is 0 Å². The summed E-state index contributed by atoms with van der Waals surface area (Å²) in [7, 11) is 0. The fourth-order valence-electron chi connectivity index (χ4n) is 3.58. The monoisotopic (exact) mass is 490 g/mol. The summed E-state index contributed by atoms with van der Waals surface area (Å²) in [6.07, 6.45) is 0. The fraction of sp³-hybridized carbons (Fsp3) is 0.0323. The number of nitrogen functional groups attached to an aromatic ring is 2. The lowest BCUT2D eigenvalue weighted by atomic mass is 10.2. The molecule has 0 bridgehead atoms. The van der Waals surface area contributed by atoms with Gasteiger partial charge >= 0.3 is 0 Å². The maximum atomic E-state index is 6.23. The molecular weight excluding hydrogens is 464 g/mol. The molecule has 0 atom stereocenters. The van der Waals surface area contributed by atoms with Gasteiger partial charge in [0.25, 0.3) is 0 Å². The van der Waals surface area contributed by atoms with Gasteiger partial charge in [-0.15, -0.1) is 0 Å². The van der Waals surface area contributed by atoms with Gasteiger partial charge in [-0.2, -0.15) is 0 Å². The molecule has 6 nitrogen and oxygen atoms in total. The van der Waals surface area contributed by atoms with Crippen molar-refractivity contribution in [3.8, 4) is 46.0 Å². The lowest BCUT2D eigenvalue weighted by molar-refractivity contribution is 0.412. The van der Waals surface area contributed by atoms with E-state index in [0.29, 0.717) is 57.4 Å². The van der Waals surface area contributed by atoms with Crippen molar-refractivity contribution in [3.05, 3.63) is 121 Å². The molecule has 5 aromatic rings. The van der Waals surface area contributed by atoms with Gasteiger partial charge in [0.05, 0.1) is 0 Å². The van der Waals surface area contributed by atoms with Crippen molar-refractivity contribution in [1.82, 2.24) is 0 Å². The van der Waals surface area contributed by atoms with Crippen LogP contribution in [0.1, 0.15) is 5.56 Å². The van der Waals surface area contributed by atoms with Crippen LogP contribution in [-0.2, 0) is 0 Å². The predicted octanol–water partition coefficient (Wildman–Crippen LogP) is 8.33. The fourth-order valence-corrected chi connectivity index (χ4v) is 3.58. The zero-order chi connectivity index (χ0) is 25.6. The Bertz CT molecular complexity index is 1500. The van der Waals surface area contributed by atoms with Crippen LogP contribution in [0.25, 0.3) is 0 Å². The van der Waals surface area contributed by atoms with Crippen molar-refractivity contribution in [2.75, 3.05) is 11.5 Å². The molecule has 0 aliphatic rings. The van der Waals surface area contributed by atoms with Gasteiger partial charge < -0.3 is 30.4 Å². The number of nitrogens with two attached hydrogens (primary N) is 2. The Labute approximate surface area is 215 Å². The van der Waals surface area contributed by atoms with Crippen molar-refractivity contribution in [2.45, 2.75) is 6.92 Å². The molecule has 184 valence electrons. The van der Waals surface area contributed by atoms with E-state index in [0.717, 1.165) is 5.56 Å². The molecular formula is C31H26N2O4. The second-order valence-electron chi connectivity index (χ2n) is 8.45. The molecule has 0 aliphatic carbocycles. The summed E-state index contributed by atoms with van der Waals surface area (Å²) in [5.74, 6) is 5.04. The summed E-state index contributed by atoms with van der Waals surface area (Å²) in [4.78, 5) is 0. The van der Waals surface area contributed by atoms with Gasteiger partial charge in [-0.05, 0) is 97.4 Å². The van der Waals surface area contributed by atoms with Crippen molar-refractivity contribution in [3.63, 3.8) is 0 Å². The van der Waals surface area contributed by atoms with Crippen LogP contribution in [0.2, 0.25) is 0 Å². The second kappa shape index (κ2) is 10.7. The van der Waals surface area contributed by atoms with Crippen LogP contribution in [0.15, 0.2) is 115 Å². The number of hydrogen-bond donors (Lipinski definition) is 2. The average Bonchev–Trinajstić information content (AvgIpc) is 2.89. The van der Waals surface area contributed by atoms with Gasteiger partial charge in [-0.25, -0.2) is 0 Å². The highest BCUT2D eigenvalue weighted by Crippen LogP contribution is 2.38. The van der Waals surface area contributed by atoms with Gasteiger partial charge in [0, 0.05) is 23.5 Å². The third kappa shape index (κ3) is 6.32. The van der Waals surface area contributed by atoms with Crippen LogP contribution in [0.4, 0.5) is 11.4 Å². The first kappa shape index (κ1) is 23.6. The standard InChI is InChI=1S/C31H26N2O4/c1-21-8-17-30(36-28-6-2-4-26(19-28)34-24-13-9-22(32)10-14-24)31(18-21)37-29-7-3-5-27(20-29)35-25-15-11-23(33)12-16-25/h2-20H,32-33H2,1H3. The number of anilines is 2. The molecule has 6 heteroatoms. The Morgan fingerprint density at radius 2 is 0.838 bits per heavy atom. The molecule has 0 aliphatic heterocycles. The summed E-state index contributed by atoms with van der Waals surface area (Å²) < 4.78 is 24.3. The maximum absolute atomic E-state index is 6.23. The first-order valence-electron chi connectivity index (χ1n) is 11.7. The van der Waals surface area contributed by atoms with E-state index in [1.54, 1.807) is 24.3 Å². The average molecular weight is 491 g/mol. The number of ether oxygens (including phenoxy) is 4. The van der Waals surface area contributed by atoms with Gasteiger partial charge in [0.1, 0.15) is 34.5 Å². The Hall–Kier alpha value is -5.10. The SMILES string of the molecule is Cc1ccc(Oc2cccc(Oc3ccc(N)cc3)c2)c(Oc2cccc(Oc3ccc(N)cc3)c2)c1. The third-order valence-corrected chi connectivity index (χ3v) is 5.40. The van der Waals surface area contributed by atoms with Crippen molar-refractivity contribution in [2.24, 2.45) is 0 Å². The Kier molecular flexibility index (Phi) is 6.81. The summed E-state index contributed by atoms with van der Waals surface area (Å²) in [5.41, 5.74) is 13.9. The smallest absolute Gasteiger partial charge is 0.170 e. The van der Waals surface area contributed by atoms with E-state index in [4.69, 9.17) is 30.4 Å². The summed E-state index contributed by atoms with van der Waals surface area (Å²) in [5, 5.41) is 0. The molecule has 0 fully saturated rings. The minimum Gasteiger partial charge on any atom is -0.457 e. The Morgan fingerprint density at radius 1 is 0.405 bits per heavy atom. The van der Waals surface area contributed by atoms with E-state index in [1.807, 2.05) is 97.9 Å². The number of aryl methyl sites for hydroxylation is 1. The summed E-state index contributed by atoms with van der Waals surface area (Å²) in [6, 6.07) is 35.1. The molecule has 0 spiro atoms.